The Morgan fingerprint density at radius 3 is 2.46 bits per heavy atom. The van der Waals surface area contributed by atoms with Crippen molar-refractivity contribution in [2.45, 2.75) is 40.5 Å². The second kappa shape index (κ2) is 6.70. The maximum Gasteiger partial charge on any atom is 0.0909 e. The summed E-state index contributed by atoms with van der Waals surface area (Å²) in [4.78, 5) is 4.15. The van der Waals surface area contributed by atoms with Crippen molar-refractivity contribution in [1.29, 1.82) is 0 Å². The molecular weight excluding hydrogens is 160 g/mol. The maximum absolute atomic E-state index is 5.44. The summed E-state index contributed by atoms with van der Waals surface area (Å²) in [5.41, 5.74) is 6.75. The van der Waals surface area contributed by atoms with Gasteiger partial charge in [-0.3, -0.25) is 4.99 Å². The monoisotopic (exact) mass is 182 g/mol. The highest BCUT2D eigenvalue weighted by molar-refractivity contribution is 5.77. The van der Waals surface area contributed by atoms with Gasteiger partial charge in [0.05, 0.1) is 12.4 Å². The first-order valence-corrected chi connectivity index (χ1v) is 4.94. The molecule has 0 saturated heterocycles. The van der Waals surface area contributed by atoms with Gasteiger partial charge in [0.1, 0.15) is 0 Å². The minimum atomic E-state index is 0.664. The predicted octanol–water partition coefficient (Wildman–Crippen LogP) is 2.75. The first-order chi connectivity index (χ1) is 6.02. The fourth-order valence-corrected chi connectivity index (χ4v) is 0.977. The average molecular weight is 182 g/mol. The predicted molar refractivity (Wildman–Crippen MR) is 60.0 cm³/mol. The third-order valence-electron chi connectivity index (χ3n) is 1.81. The summed E-state index contributed by atoms with van der Waals surface area (Å²) in [6, 6.07) is 0. The van der Waals surface area contributed by atoms with Crippen molar-refractivity contribution in [3.05, 3.63) is 11.6 Å². The molecule has 0 rings (SSSR count). The highest BCUT2D eigenvalue weighted by Crippen LogP contribution is 2.06. The van der Waals surface area contributed by atoms with E-state index in [1.807, 2.05) is 6.92 Å². The normalized spacial score (nSPS) is 13.9. The zero-order valence-corrected chi connectivity index (χ0v) is 9.30. The van der Waals surface area contributed by atoms with Crippen molar-refractivity contribution in [2.24, 2.45) is 16.6 Å². The van der Waals surface area contributed by atoms with Gasteiger partial charge in [-0.2, -0.15) is 0 Å². The minimum Gasteiger partial charge on any atom is -0.388 e. The molecule has 0 aliphatic carbocycles. The van der Waals surface area contributed by atoms with E-state index < -0.39 is 0 Å². The quantitative estimate of drug-likeness (QED) is 0.396. The number of amidine groups is 1. The Balaban J connectivity index is 3.70. The molecule has 0 heterocycles. The van der Waals surface area contributed by atoms with Gasteiger partial charge in [0.25, 0.3) is 0 Å². The summed E-state index contributed by atoms with van der Waals surface area (Å²) in [6.07, 6.45) is 4.66. The molecule has 2 N–H and O–H groups in total. The van der Waals surface area contributed by atoms with Crippen LogP contribution >= 0.6 is 0 Å². The van der Waals surface area contributed by atoms with Crippen LogP contribution in [0.15, 0.2) is 16.6 Å². The SMILES string of the molecule is CC(N)=NC/C(C)=C/CCC(C)C. The van der Waals surface area contributed by atoms with Gasteiger partial charge in [0.2, 0.25) is 0 Å². The summed E-state index contributed by atoms with van der Waals surface area (Å²) in [5.74, 6) is 1.44. The Bertz CT molecular complexity index is 186. The molecule has 76 valence electrons. The molecule has 0 unspecified atom stereocenters. The van der Waals surface area contributed by atoms with Gasteiger partial charge in [0.15, 0.2) is 0 Å². The van der Waals surface area contributed by atoms with Crippen molar-refractivity contribution < 1.29 is 0 Å². The van der Waals surface area contributed by atoms with Gasteiger partial charge in [-0.15, -0.1) is 0 Å². The lowest BCUT2D eigenvalue weighted by Gasteiger charge is -2.01. The van der Waals surface area contributed by atoms with Gasteiger partial charge in [-0.1, -0.05) is 25.5 Å². The van der Waals surface area contributed by atoms with Crippen LogP contribution in [0, 0.1) is 5.92 Å². The summed E-state index contributed by atoms with van der Waals surface area (Å²) in [5, 5.41) is 0. The molecule has 0 bridgehead atoms. The molecule has 0 aliphatic heterocycles. The third kappa shape index (κ3) is 9.12. The van der Waals surface area contributed by atoms with Crippen LogP contribution in [0.5, 0.6) is 0 Å². The Kier molecular flexibility index (Phi) is 6.29. The number of hydrogen-bond acceptors (Lipinski definition) is 1. The standard InChI is InChI=1S/C11H22N2/c1-9(2)6-5-7-10(3)8-13-11(4)12/h7,9H,5-6,8H2,1-4H3,(H2,12,13)/b10-7+. The van der Waals surface area contributed by atoms with Crippen molar-refractivity contribution >= 4 is 5.84 Å². The molecule has 0 fully saturated rings. The van der Waals surface area contributed by atoms with E-state index in [4.69, 9.17) is 5.73 Å². The van der Waals surface area contributed by atoms with Crippen LogP contribution in [-0.4, -0.2) is 12.4 Å². The lowest BCUT2D eigenvalue weighted by Crippen LogP contribution is -2.06. The lowest BCUT2D eigenvalue weighted by molar-refractivity contribution is 0.593. The van der Waals surface area contributed by atoms with E-state index in [1.165, 1.54) is 12.0 Å². The summed E-state index contributed by atoms with van der Waals surface area (Å²) in [6.45, 7) is 9.16. The maximum atomic E-state index is 5.44. The molecule has 13 heavy (non-hydrogen) atoms. The molecule has 0 aromatic heterocycles. The second-order valence-electron chi connectivity index (χ2n) is 3.98. The topological polar surface area (TPSA) is 38.4 Å². The summed E-state index contributed by atoms with van der Waals surface area (Å²) in [7, 11) is 0. The Morgan fingerprint density at radius 1 is 1.38 bits per heavy atom. The highest BCUT2D eigenvalue weighted by atomic mass is 14.8. The fraction of sp³-hybridized carbons (Fsp3) is 0.727. The highest BCUT2D eigenvalue weighted by Gasteiger charge is 1.92. The number of aliphatic imine (C=N–C) groups is 1. The first kappa shape index (κ1) is 12.2. The van der Waals surface area contributed by atoms with E-state index in [1.54, 1.807) is 0 Å². The van der Waals surface area contributed by atoms with Crippen LogP contribution in [0.2, 0.25) is 0 Å². The Morgan fingerprint density at radius 2 is 2.00 bits per heavy atom. The molecular formula is C11H22N2. The van der Waals surface area contributed by atoms with E-state index in [0.717, 1.165) is 18.9 Å². The molecule has 0 aliphatic rings. The average Bonchev–Trinajstić information content (AvgIpc) is 2.00. The van der Waals surface area contributed by atoms with Crippen LogP contribution in [0.1, 0.15) is 40.5 Å². The number of allylic oxidation sites excluding steroid dienone is 1. The molecule has 0 aromatic rings. The molecule has 0 saturated carbocycles. The second-order valence-corrected chi connectivity index (χ2v) is 3.98. The molecule has 2 nitrogen and oxygen atoms in total. The fourth-order valence-electron chi connectivity index (χ4n) is 0.977. The Labute approximate surface area is 81.9 Å². The van der Waals surface area contributed by atoms with Crippen molar-refractivity contribution in [2.75, 3.05) is 6.54 Å². The third-order valence-corrected chi connectivity index (χ3v) is 1.81. The molecule has 0 atom stereocenters. The van der Waals surface area contributed by atoms with Gasteiger partial charge in [-0.25, -0.2) is 0 Å². The number of hydrogen-bond donors (Lipinski definition) is 1. The number of rotatable bonds is 5. The van der Waals surface area contributed by atoms with E-state index in [0.29, 0.717) is 5.84 Å². The molecule has 0 aromatic carbocycles. The zero-order valence-electron chi connectivity index (χ0n) is 9.30. The van der Waals surface area contributed by atoms with Crippen molar-refractivity contribution in [1.82, 2.24) is 0 Å². The van der Waals surface area contributed by atoms with Crippen LogP contribution < -0.4 is 5.73 Å². The van der Waals surface area contributed by atoms with Crippen LogP contribution in [0.25, 0.3) is 0 Å². The molecule has 0 radical (unpaired) electrons. The van der Waals surface area contributed by atoms with E-state index in [9.17, 15) is 0 Å². The molecule has 0 spiro atoms. The van der Waals surface area contributed by atoms with Gasteiger partial charge >= 0.3 is 0 Å². The lowest BCUT2D eigenvalue weighted by atomic mass is 10.1. The van der Waals surface area contributed by atoms with E-state index in [-0.39, 0.29) is 0 Å². The van der Waals surface area contributed by atoms with Gasteiger partial charge < -0.3 is 5.73 Å². The Hall–Kier alpha value is -0.790. The summed E-state index contributed by atoms with van der Waals surface area (Å²) >= 11 is 0. The smallest absolute Gasteiger partial charge is 0.0909 e. The first-order valence-electron chi connectivity index (χ1n) is 4.94. The molecule has 2 heteroatoms. The van der Waals surface area contributed by atoms with E-state index in [2.05, 4.69) is 31.8 Å². The van der Waals surface area contributed by atoms with Crippen LogP contribution in [0.3, 0.4) is 0 Å². The van der Waals surface area contributed by atoms with E-state index >= 15 is 0 Å². The zero-order chi connectivity index (χ0) is 10.3. The van der Waals surface area contributed by atoms with Gasteiger partial charge in [0, 0.05) is 0 Å². The van der Waals surface area contributed by atoms with Crippen LogP contribution in [0.4, 0.5) is 0 Å². The van der Waals surface area contributed by atoms with Crippen molar-refractivity contribution in [3.8, 4) is 0 Å². The number of nitrogens with two attached hydrogens (primary N) is 1. The van der Waals surface area contributed by atoms with Crippen molar-refractivity contribution in [3.63, 3.8) is 0 Å². The largest absolute Gasteiger partial charge is 0.388 e. The van der Waals surface area contributed by atoms with Gasteiger partial charge in [-0.05, 0) is 32.6 Å². The number of nitrogens with zero attached hydrogens (tertiary/aromatic N) is 1. The minimum absolute atomic E-state index is 0.664. The van der Waals surface area contributed by atoms with Crippen LogP contribution in [-0.2, 0) is 0 Å². The summed E-state index contributed by atoms with van der Waals surface area (Å²) < 4.78 is 0. The molecule has 0 amide bonds.